The Kier molecular flexibility index (Phi) is 5.12. The van der Waals surface area contributed by atoms with Crippen LogP contribution in [0.15, 0.2) is 14.3 Å². The summed E-state index contributed by atoms with van der Waals surface area (Å²) in [5.41, 5.74) is 0.466. The van der Waals surface area contributed by atoms with Crippen LogP contribution in [0.4, 0.5) is 0 Å². The maximum atomic E-state index is 12.4. The molecule has 2 nitrogen and oxygen atoms in total. The van der Waals surface area contributed by atoms with E-state index < -0.39 is 0 Å². The smallest absolute Gasteiger partial charge is 0.264 e. The Morgan fingerprint density at radius 1 is 1.32 bits per heavy atom. The molecule has 1 aliphatic heterocycles. The molecule has 2 heterocycles. The van der Waals surface area contributed by atoms with E-state index in [0.29, 0.717) is 5.41 Å². The number of thiophene rings is 1. The molecule has 0 N–H and O–H groups in total. The molecular formula is C14H19Br2NOS. The molecule has 0 aromatic carbocycles. The van der Waals surface area contributed by atoms with Crippen molar-refractivity contribution in [3.05, 3.63) is 19.2 Å². The van der Waals surface area contributed by atoms with Crippen LogP contribution in [-0.4, -0.2) is 23.9 Å². The Labute approximate surface area is 135 Å². The lowest BCUT2D eigenvalue weighted by Crippen LogP contribution is -2.42. The highest BCUT2D eigenvalue weighted by Crippen LogP contribution is 2.39. The van der Waals surface area contributed by atoms with Crippen molar-refractivity contribution in [3.63, 3.8) is 0 Å². The number of hydrogen-bond donors (Lipinski definition) is 0. The summed E-state index contributed by atoms with van der Waals surface area (Å²) >= 11 is 8.40. The number of amides is 1. The van der Waals surface area contributed by atoms with Gasteiger partial charge in [-0.3, -0.25) is 4.79 Å². The highest BCUT2D eigenvalue weighted by atomic mass is 79.9. The van der Waals surface area contributed by atoms with Crippen LogP contribution in [0.5, 0.6) is 0 Å². The second-order valence-electron chi connectivity index (χ2n) is 5.23. The zero-order valence-corrected chi connectivity index (χ0v) is 15.3. The first-order valence-electron chi connectivity index (χ1n) is 6.75. The van der Waals surface area contributed by atoms with Crippen LogP contribution in [-0.2, 0) is 0 Å². The first kappa shape index (κ1) is 15.5. The van der Waals surface area contributed by atoms with Gasteiger partial charge in [-0.1, -0.05) is 26.7 Å². The Morgan fingerprint density at radius 2 is 1.89 bits per heavy atom. The van der Waals surface area contributed by atoms with Gasteiger partial charge < -0.3 is 4.90 Å². The topological polar surface area (TPSA) is 20.3 Å². The average molecular weight is 409 g/mol. The lowest BCUT2D eigenvalue weighted by atomic mass is 9.74. The summed E-state index contributed by atoms with van der Waals surface area (Å²) in [5, 5.41) is 0. The van der Waals surface area contributed by atoms with Crippen molar-refractivity contribution in [3.8, 4) is 0 Å². The van der Waals surface area contributed by atoms with Crippen molar-refractivity contribution in [2.45, 2.75) is 39.5 Å². The molecule has 2 rings (SSSR count). The number of hydrogen-bond acceptors (Lipinski definition) is 2. The predicted octanol–water partition coefficient (Wildman–Crippen LogP) is 5.32. The molecule has 0 radical (unpaired) electrons. The monoisotopic (exact) mass is 407 g/mol. The summed E-state index contributed by atoms with van der Waals surface area (Å²) in [6.07, 6.45) is 4.72. The molecule has 0 aliphatic carbocycles. The fourth-order valence-corrected chi connectivity index (χ4v) is 4.75. The Morgan fingerprint density at radius 3 is 2.32 bits per heavy atom. The maximum Gasteiger partial charge on any atom is 0.264 e. The number of carbonyl (C=O) groups excluding carboxylic acids is 1. The molecule has 0 atom stereocenters. The van der Waals surface area contributed by atoms with E-state index in [4.69, 9.17) is 0 Å². The number of rotatable bonds is 3. The number of halogens is 2. The van der Waals surface area contributed by atoms with Gasteiger partial charge in [-0.05, 0) is 56.2 Å². The molecule has 1 fully saturated rings. The van der Waals surface area contributed by atoms with Crippen LogP contribution < -0.4 is 0 Å². The quantitative estimate of drug-likeness (QED) is 0.662. The molecule has 1 aliphatic rings. The van der Waals surface area contributed by atoms with Crippen molar-refractivity contribution in [2.24, 2.45) is 5.41 Å². The third-order valence-corrected chi connectivity index (χ3v) is 7.71. The summed E-state index contributed by atoms with van der Waals surface area (Å²) in [4.78, 5) is 15.3. The van der Waals surface area contributed by atoms with Crippen LogP contribution in [0.25, 0.3) is 0 Å². The van der Waals surface area contributed by atoms with Gasteiger partial charge in [0.05, 0.1) is 8.66 Å². The highest BCUT2D eigenvalue weighted by Gasteiger charge is 2.33. The normalized spacial score (nSPS) is 18.6. The maximum absolute atomic E-state index is 12.4. The van der Waals surface area contributed by atoms with Gasteiger partial charge in [0.15, 0.2) is 0 Å². The Hall–Kier alpha value is 0.130. The van der Waals surface area contributed by atoms with Gasteiger partial charge in [-0.25, -0.2) is 0 Å². The van der Waals surface area contributed by atoms with Crippen molar-refractivity contribution in [1.82, 2.24) is 4.90 Å². The Balaban J connectivity index is 2.03. The van der Waals surface area contributed by atoms with E-state index in [-0.39, 0.29) is 5.91 Å². The van der Waals surface area contributed by atoms with E-state index in [9.17, 15) is 4.79 Å². The SMILES string of the molecule is CCC1(CC)CCN(C(=O)c2cc(Br)c(Br)s2)CC1. The van der Waals surface area contributed by atoms with Gasteiger partial charge >= 0.3 is 0 Å². The van der Waals surface area contributed by atoms with Crippen LogP contribution >= 0.6 is 43.2 Å². The van der Waals surface area contributed by atoms with Crippen LogP contribution in [0, 0.1) is 5.41 Å². The molecule has 1 saturated heterocycles. The van der Waals surface area contributed by atoms with Crippen LogP contribution in [0.2, 0.25) is 0 Å². The minimum atomic E-state index is 0.178. The summed E-state index contributed by atoms with van der Waals surface area (Å²) in [5.74, 6) is 0.178. The molecule has 106 valence electrons. The second kappa shape index (κ2) is 6.27. The molecule has 1 aromatic rings. The summed E-state index contributed by atoms with van der Waals surface area (Å²) < 4.78 is 1.96. The predicted molar refractivity (Wildman–Crippen MR) is 87.9 cm³/mol. The van der Waals surface area contributed by atoms with Gasteiger partial charge in [0.2, 0.25) is 0 Å². The molecule has 19 heavy (non-hydrogen) atoms. The standard InChI is InChI=1S/C14H19Br2NOS/c1-3-14(4-2)5-7-17(8-6-14)13(18)11-9-10(15)12(16)19-11/h9H,3-8H2,1-2H3. The number of nitrogens with zero attached hydrogens (tertiary/aromatic N) is 1. The zero-order chi connectivity index (χ0) is 14.0. The van der Waals surface area contributed by atoms with Crippen molar-refractivity contribution in [2.75, 3.05) is 13.1 Å². The lowest BCUT2D eigenvalue weighted by Gasteiger charge is -2.40. The van der Waals surface area contributed by atoms with Gasteiger partial charge in [0.25, 0.3) is 5.91 Å². The highest BCUT2D eigenvalue weighted by molar-refractivity contribution is 9.13. The average Bonchev–Trinajstić information content (AvgIpc) is 2.78. The summed E-state index contributed by atoms with van der Waals surface area (Å²) in [6, 6.07) is 1.92. The number of piperidine rings is 1. The minimum absolute atomic E-state index is 0.178. The van der Waals surface area contributed by atoms with E-state index >= 15 is 0 Å². The summed E-state index contributed by atoms with van der Waals surface area (Å²) in [7, 11) is 0. The van der Waals surface area contributed by atoms with E-state index in [1.807, 2.05) is 11.0 Å². The summed E-state index contributed by atoms with van der Waals surface area (Å²) in [6.45, 7) is 6.34. The van der Waals surface area contributed by atoms with Gasteiger partial charge in [-0.15, -0.1) is 11.3 Å². The molecule has 0 unspecified atom stereocenters. The van der Waals surface area contributed by atoms with E-state index in [1.165, 1.54) is 24.2 Å². The zero-order valence-electron chi connectivity index (χ0n) is 11.3. The lowest BCUT2D eigenvalue weighted by molar-refractivity contribution is 0.0562. The molecule has 5 heteroatoms. The second-order valence-corrected chi connectivity index (χ2v) is 8.46. The van der Waals surface area contributed by atoms with Gasteiger partial charge in [-0.2, -0.15) is 0 Å². The molecule has 0 bridgehead atoms. The number of carbonyl (C=O) groups is 1. The molecule has 1 amide bonds. The van der Waals surface area contributed by atoms with Crippen molar-refractivity contribution in [1.29, 1.82) is 0 Å². The third-order valence-electron chi connectivity index (χ3n) is 4.47. The van der Waals surface area contributed by atoms with E-state index in [1.54, 1.807) is 0 Å². The van der Waals surface area contributed by atoms with Crippen LogP contribution in [0.1, 0.15) is 49.2 Å². The number of likely N-dealkylation sites (tertiary alicyclic amines) is 1. The fraction of sp³-hybridized carbons (Fsp3) is 0.643. The first-order chi connectivity index (χ1) is 9.01. The van der Waals surface area contributed by atoms with E-state index in [2.05, 4.69) is 45.7 Å². The largest absolute Gasteiger partial charge is 0.338 e. The van der Waals surface area contributed by atoms with E-state index in [0.717, 1.165) is 39.1 Å². The Bertz CT molecular complexity index is 439. The molecular weight excluding hydrogens is 390 g/mol. The molecule has 0 spiro atoms. The third kappa shape index (κ3) is 3.24. The minimum Gasteiger partial charge on any atom is -0.338 e. The van der Waals surface area contributed by atoms with Crippen molar-refractivity contribution >= 4 is 49.1 Å². The van der Waals surface area contributed by atoms with Gasteiger partial charge in [0.1, 0.15) is 0 Å². The molecule has 1 aromatic heterocycles. The van der Waals surface area contributed by atoms with Gasteiger partial charge in [0, 0.05) is 17.6 Å². The molecule has 0 saturated carbocycles. The first-order valence-corrected chi connectivity index (χ1v) is 9.15. The fourth-order valence-electron chi connectivity index (χ4n) is 2.75. The van der Waals surface area contributed by atoms with Crippen molar-refractivity contribution < 1.29 is 4.79 Å². The van der Waals surface area contributed by atoms with Crippen LogP contribution in [0.3, 0.4) is 0 Å².